The largest absolute Gasteiger partial charge is 0.395 e. The van der Waals surface area contributed by atoms with Crippen molar-refractivity contribution in [1.29, 1.82) is 0 Å². The number of aliphatic hydroxyl groups is 1. The molecule has 0 saturated heterocycles. The molecule has 0 amide bonds. The molecule has 0 radical (unpaired) electrons. The van der Waals surface area contributed by atoms with Gasteiger partial charge in [0.25, 0.3) is 0 Å². The number of rotatable bonds is 8. The zero-order valence-corrected chi connectivity index (χ0v) is 15.2. The van der Waals surface area contributed by atoms with Crippen molar-refractivity contribution in [2.75, 3.05) is 12.4 Å². The van der Waals surface area contributed by atoms with Crippen LogP contribution in [-0.2, 0) is 16.4 Å². The molecule has 0 aliphatic heterocycles. The molecule has 130 valence electrons. The highest BCUT2D eigenvalue weighted by Crippen LogP contribution is 2.37. The summed E-state index contributed by atoms with van der Waals surface area (Å²) < 4.78 is 23.8. The average molecular weight is 340 g/mol. The summed E-state index contributed by atoms with van der Waals surface area (Å²) in [5, 5.41) is 12.5. The number of hydrogen-bond acceptors (Lipinski definition) is 4. The van der Waals surface area contributed by atoms with E-state index < -0.39 is 9.84 Å². The second-order valence-electron chi connectivity index (χ2n) is 7.78. The lowest BCUT2D eigenvalue weighted by Gasteiger charge is -2.27. The number of hydrogen-bond donors (Lipinski definition) is 2. The minimum Gasteiger partial charge on any atom is -0.395 e. The van der Waals surface area contributed by atoms with Crippen LogP contribution in [0.25, 0.3) is 0 Å². The van der Waals surface area contributed by atoms with Gasteiger partial charge in [0.05, 0.1) is 17.3 Å². The van der Waals surface area contributed by atoms with Crippen molar-refractivity contribution in [3.63, 3.8) is 0 Å². The molecule has 2 rings (SSSR count). The van der Waals surface area contributed by atoms with Gasteiger partial charge in [-0.05, 0) is 48.3 Å². The van der Waals surface area contributed by atoms with Crippen LogP contribution in [0.5, 0.6) is 0 Å². The first kappa shape index (κ1) is 18.4. The Bertz CT molecular complexity index is 598. The van der Waals surface area contributed by atoms with E-state index in [2.05, 4.69) is 26.1 Å². The SMILES string of the molecule is CC(C)(C)C[C@H](NCc1ccc(S(=O)(=O)CCO)cc1)C1CC1. The van der Waals surface area contributed by atoms with Crippen molar-refractivity contribution >= 4 is 9.84 Å². The van der Waals surface area contributed by atoms with E-state index in [1.54, 1.807) is 12.1 Å². The number of sulfone groups is 1. The van der Waals surface area contributed by atoms with E-state index in [9.17, 15) is 8.42 Å². The lowest BCUT2D eigenvalue weighted by molar-refractivity contribution is 0.287. The van der Waals surface area contributed by atoms with Gasteiger partial charge in [-0.25, -0.2) is 8.42 Å². The molecule has 1 atom stereocenters. The van der Waals surface area contributed by atoms with Crippen LogP contribution in [-0.4, -0.2) is 31.9 Å². The van der Waals surface area contributed by atoms with Crippen LogP contribution in [0.1, 0.15) is 45.6 Å². The zero-order chi connectivity index (χ0) is 17.1. The maximum Gasteiger partial charge on any atom is 0.180 e. The normalized spacial score (nSPS) is 17.2. The molecule has 1 aromatic carbocycles. The van der Waals surface area contributed by atoms with E-state index in [0.717, 1.165) is 24.4 Å². The van der Waals surface area contributed by atoms with Crippen molar-refractivity contribution in [2.45, 2.75) is 57.5 Å². The van der Waals surface area contributed by atoms with Gasteiger partial charge in [0, 0.05) is 12.6 Å². The van der Waals surface area contributed by atoms with Gasteiger partial charge in [0.15, 0.2) is 9.84 Å². The van der Waals surface area contributed by atoms with Gasteiger partial charge < -0.3 is 10.4 Å². The topological polar surface area (TPSA) is 66.4 Å². The van der Waals surface area contributed by atoms with Crippen molar-refractivity contribution in [3.05, 3.63) is 29.8 Å². The molecular weight excluding hydrogens is 310 g/mol. The minimum atomic E-state index is -3.36. The number of benzene rings is 1. The second kappa shape index (κ2) is 7.32. The van der Waals surface area contributed by atoms with Crippen LogP contribution in [0.3, 0.4) is 0 Å². The van der Waals surface area contributed by atoms with E-state index in [1.165, 1.54) is 12.8 Å². The highest BCUT2D eigenvalue weighted by Gasteiger charge is 2.33. The summed E-state index contributed by atoms with van der Waals surface area (Å²) in [4.78, 5) is 0.281. The molecule has 4 nitrogen and oxygen atoms in total. The molecule has 0 spiro atoms. The van der Waals surface area contributed by atoms with Crippen LogP contribution < -0.4 is 5.32 Å². The number of aliphatic hydroxyl groups excluding tert-OH is 1. The molecular formula is C18H29NO3S. The van der Waals surface area contributed by atoms with E-state index in [-0.39, 0.29) is 17.3 Å². The van der Waals surface area contributed by atoms with Crippen LogP contribution in [0.4, 0.5) is 0 Å². The Hall–Kier alpha value is -0.910. The predicted octanol–water partition coefficient (Wildman–Crippen LogP) is 2.76. The summed E-state index contributed by atoms with van der Waals surface area (Å²) in [6.45, 7) is 7.22. The highest BCUT2D eigenvalue weighted by molar-refractivity contribution is 7.91. The maximum atomic E-state index is 11.9. The van der Waals surface area contributed by atoms with Crippen molar-refractivity contribution in [1.82, 2.24) is 5.32 Å². The lowest BCUT2D eigenvalue weighted by atomic mass is 9.86. The van der Waals surface area contributed by atoms with Gasteiger partial charge in [-0.2, -0.15) is 0 Å². The van der Waals surface area contributed by atoms with Gasteiger partial charge in [0.1, 0.15) is 0 Å². The standard InChI is InChI=1S/C18H29NO3S/c1-18(2,3)12-17(15-6-7-15)19-13-14-4-8-16(9-5-14)23(21,22)11-10-20/h4-5,8-9,15,17,19-20H,6-7,10-13H2,1-3H3/t17-/m0/s1. The molecule has 1 aromatic rings. The van der Waals surface area contributed by atoms with E-state index in [1.807, 2.05) is 12.1 Å². The fraction of sp³-hybridized carbons (Fsp3) is 0.667. The molecule has 2 N–H and O–H groups in total. The van der Waals surface area contributed by atoms with Crippen LogP contribution in [0.15, 0.2) is 29.2 Å². The first-order valence-corrected chi connectivity index (χ1v) is 10.0. The maximum absolute atomic E-state index is 11.9. The van der Waals surface area contributed by atoms with Crippen molar-refractivity contribution in [2.24, 2.45) is 11.3 Å². The van der Waals surface area contributed by atoms with E-state index in [4.69, 9.17) is 5.11 Å². The molecule has 1 fully saturated rings. The van der Waals surface area contributed by atoms with E-state index in [0.29, 0.717) is 11.5 Å². The number of nitrogens with one attached hydrogen (secondary N) is 1. The van der Waals surface area contributed by atoms with Crippen LogP contribution in [0.2, 0.25) is 0 Å². The fourth-order valence-corrected chi connectivity index (χ4v) is 3.89. The molecule has 5 heteroatoms. The Kier molecular flexibility index (Phi) is 5.87. The molecule has 1 saturated carbocycles. The molecule has 1 aliphatic carbocycles. The third-order valence-corrected chi connectivity index (χ3v) is 5.94. The fourth-order valence-electron chi connectivity index (χ4n) is 2.87. The third kappa shape index (κ3) is 5.90. The molecule has 0 unspecified atom stereocenters. The van der Waals surface area contributed by atoms with Crippen molar-refractivity contribution in [3.8, 4) is 0 Å². The summed E-state index contributed by atoms with van der Waals surface area (Å²) in [5.41, 5.74) is 1.40. The Morgan fingerprint density at radius 3 is 2.30 bits per heavy atom. The van der Waals surface area contributed by atoms with Gasteiger partial charge in [-0.3, -0.25) is 0 Å². The molecule has 1 aliphatic rings. The smallest absolute Gasteiger partial charge is 0.180 e. The van der Waals surface area contributed by atoms with E-state index >= 15 is 0 Å². The predicted molar refractivity (Wildman–Crippen MR) is 93.0 cm³/mol. The molecule has 0 aromatic heterocycles. The first-order valence-electron chi connectivity index (χ1n) is 8.37. The summed E-state index contributed by atoms with van der Waals surface area (Å²) in [6, 6.07) is 7.53. The summed E-state index contributed by atoms with van der Waals surface area (Å²) >= 11 is 0. The highest BCUT2D eigenvalue weighted by atomic mass is 32.2. The lowest BCUT2D eigenvalue weighted by Crippen LogP contribution is -2.34. The Balaban J connectivity index is 1.95. The summed E-state index contributed by atoms with van der Waals surface area (Å²) in [5.74, 6) is 0.568. The van der Waals surface area contributed by atoms with Gasteiger partial charge in [0.2, 0.25) is 0 Å². The quantitative estimate of drug-likeness (QED) is 0.764. The van der Waals surface area contributed by atoms with Gasteiger partial charge in [-0.15, -0.1) is 0 Å². The molecule has 0 heterocycles. The third-order valence-electron chi connectivity index (χ3n) is 4.23. The second-order valence-corrected chi connectivity index (χ2v) is 9.89. The Morgan fingerprint density at radius 2 is 1.83 bits per heavy atom. The zero-order valence-electron chi connectivity index (χ0n) is 14.4. The monoisotopic (exact) mass is 339 g/mol. The Labute approximate surface area is 140 Å². The minimum absolute atomic E-state index is 0.222. The molecule has 23 heavy (non-hydrogen) atoms. The van der Waals surface area contributed by atoms with Gasteiger partial charge in [-0.1, -0.05) is 32.9 Å². The first-order chi connectivity index (χ1) is 10.7. The molecule has 0 bridgehead atoms. The van der Waals surface area contributed by atoms with Crippen molar-refractivity contribution < 1.29 is 13.5 Å². The summed E-state index contributed by atoms with van der Waals surface area (Å²) in [6.07, 6.45) is 3.78. The average Bonchev–Trinajstić information content (AvgIpc) is 3.27. The van der Waals surface area contributed by atoms with Crippen LogP contribution >= 0.6 is 0 Å². The van der Waals surface area contributed by atoms with Crippen LogP contribution in [0, 0.1) is 11.3 Å². The Morgan fingerprint density at radius 1 is 1.22 bits per heavy atom. The summed E-state index contributed by atoms with van der Waals surface area (Å²) in [7, 11) is -3.36. The van der Waals surface area contributed by atoms with Gasteiger partial charge >= 0.3 is 0 Å².